The Bertz CT molecular complexity index is 728. The van der Waals surface area contributed by atoms with Crippen molar-refractivity contribution in [2.24, 2.45) is 0 Å². The lowest BCUT2D eigenvalue weighted by molar-refractivity contribution is -0.117. The fraction of sp³-hybridized carbons (Fsp3) is 0.214. The molecular formula is C14H10Cl2N2OS. The number of amides is 1. The highest BCUT2D eigenvalue weighted by atomic mass is 35.5. The van der Waals surface area contributed by atoms with E-state index in [9.17, 15) is 4.79 Å². The second-order valence-electron chi connectivity index (χ2n) is 4.92. The maximum atomic E-state index is 12.4. The normalized spacial score (nSPS) is 20.0. The molecule has 1 aromatic heterocycles. The maximum Gasteiger partial charge on any atom is 0.251 e. The quantitative estimate of drug-likeness (QED) is 0.790. The van der Waals surface area contributed by atoms with Gasteiger partial charge < -0.3 is 10.2 Å². The van der Waals surface area contributed by atoms with Crippen molar-refractivity contribution < 1.29 is 4.79 Å². The molecule has 2 aliphatic heterocycles. The summed E-state index contributed by atoms with van der Waals surface area (Å²) in [7, 11) is 0. The van der Waals surface area contributed by atoms with Crippen molar-refractivity contribution in [1.82, 2.24) is 0 Å². The number of carbonyl (C=O) groups is 1. The van der Waals surface area contributed by atoms with Gasteiger partial charge in [0.05, 0.1) is 21.4 Å². The fourth-order valence-electron chi connectivity index (χ4n) is 2.93. The molecule has 1 atom stereocenters. The van der Waals surface area contributed by atoms with Crippen LogP contribution in [0.4, 0.5) is 11.4 Å². The molecule has 4 rings (SSSR count). The number of thiophene rings is 1. The molecule has 0 spiro atoms. The van der Waals surface area contributed by atoms with Gasteiger partial charge in [-0.3, -0.25) is 4.79 Å². The van der Waals surface area contributed by atoms with E-state index in [1.165, 1.54) is 4.88 Å². The minimum atomic E-state index is -0.255. The van der Waals surface area contributed by atoms with Crippen molar-refractivity contribution in [3.63, 3.8) is 0 Å². The summed E-state index contributed by atoms with van der Waals surface area (Å²) in [6, 6.07) is 5.34. The number of nitrogens with zero attached hydrogens (tertiary/aromatic N) is 1. The second kappa shape index (κ2) is 4.38. The molecule has 0 saturated carbocycles. The molecule has 3 nitrogen and oxygen atoms in total. The van der Waals surface area contributed by atoms with Crippen molar-refractivity contribution in [1.29, 1.82) is 0 Å². The molecule has 0 bridgehead atoms. The predicted molar refractivity (Wildman–Crippen MR) is 83.2 cm³/mol. The van der Waals surface area contributed by atoms with Gasteiger partial charge >= 0.3 is 0 Å². The van der Waals surface area contributed by atoms with Crippen LogP contribution in [0, 0.1) is 0 Å². The van der Waals surface area contributed by atoms with Gasteiger partial charge in [0.15, 0.2) is 0 Å². The Hall–Kier alpha value is -1.23. The Morgan fingerprint density at radius 3 is 2.95 bits per heavy atom. The summed E-state index contributed by atoms with van der Waals surface area (Å²) in [4.78, 5) is 15.8. The number of rotatable bonds is 0. The van der Waals surface area contributed by atoms with Crippen LogP contribution in [0.15, 0.2) is 23.6 Å². The van der Waals surface area contributed by atoms with Crippen LogP contribution in [-0.4, -0.2) is 12.5 Å². The van der Waals surface area contributed by atoms with Gasteiger partial charge in [0, 0.05) is 11.4 Å². The van der Waals surface area contributed by atoms with Gasteiger partial charge in [-0.05, 0) is 35.6 Å². The Balaban J connectivity index is 1.89. The predicted octanol–water partition coefficient (Wildman–Crippen LogP) is 4.11. The summed E-state index contributed by atoms with van der Waals surface area (Å²) in [5.74, 6) is -0.00441. The third-order valence-electron chi connectivity index (χ3n) is 3.82. The van der Waals surface area contributed by atoms with Gasteiger partial charge in [0.1, 0.15) is 6.04 Å². The van der Waals surface area contributed by atoms with Crippen LogP contribution in [0.3, 0.4) is 0 Å². The first-order chi connectivity index (χ1) is 9.65. The number of benzene rings is 1. The molecule has 2 aromatic rings. The van der Waals surface area contributed by atoms with Crippen molar-refractivity contribution in [2.45, 2.75) is 12.5 Å². The molecule has 0 aliphatic carbocycles. The number of nitrogens with one attached hydrogen (secondary N) is 1. The molecule has 0 radical (unpaired) electrons. The first-order valence-corrected chi connectivity index (χ1v) is 7.91. The summed E-state index contributed by atoms with van der Waals surface area (Å²) in [5.41, 5.74) is 2.79. The van der Waals surface area contributed by atoms with Gasteiger partial charge in [-0.25, -0.2) is 0 Å². The monoisotopic (exact) mass is 324 g/mol. The maximum absolute atomic E-state index is 12.4. The van der Waals surface area contributed by atoms with Crippen LogP contribution in [0.25, 0.3) is 0 Å². The lowest BCUT2D eigenvalue weighted by Crippen LogP contribution is -2.45. The van der Waals surface area contributed by atoms with E-state index < -0.39 is 0 Å². The summed E-state index contributed by atoms with van der Waals surface area (Å²) < 4.78 is 0. The first kappa shape index (κ1) is 12.5. The Morgan fingerprint density at radius 1 is 1.30 bits per heavy atom. The average molecular weight is 325 g/mol. The highest BCUT2D eigenvalue weighted by Gasteiger charge is 2.38. The second-order valence-corrected chi connectivity index (χ2v) is 6.73. The Kier molecular flexibility index (Phi) is 2.74. The van der Waals surface area contributed by atoms with Gasteiger partial charge in [-0.1, -0.05) is 23.2 Å². The van der Waals surface area contributed by atoms with E-state index >= 15 is 0 Å². The van der Waals surface area contributed by atoms with Crippen LogP contribution in [0.1, 0.15) is 16.5 Å². The molecule has 0 fully saturated rings. The van der Waals surface area contributed by atoms with E-state index in [4.69, 9.17) is 23.2 Å². The summed E-state index contributed by atoms with van der Waals surface area (Å²) in [5, 5.41) is 5.95. The molecule has 1 amide bonds. The molecule has 20 heavy (non-hydrogen) atoms. The summed E-state index contributed by atoms with van der Waals surface area (Å²) in [6.45, 7) is 0.816. The van der Waals surface area contributed by atoms with Crippen LogP contribution in [0.2, 0.25) is 10.0 Å². The third-order valence-corrected chi connectivity index (χ3v) is 5.54. The Labute approximate surface area is 130 Å². The lowest BCUT2D eigenvalue weighted by Gasteiger charge is -2.41. The average Bonchev–Trinajstić information content (AvgIpc) is 2.89. The van der Waals surface area contributed by atoms with E-state index in [2.05, 4.69) is 10.2 Å². The van der Waals surface area contributed by atoms with Crippen LogP contribution < -0.4 is 10.2 Å². The summed E-state index contributed by atoms with van der Waals surface area (Å²) >= 11 is 13.9. The fourth-order valence-corrected chi connectivity index (χ4v) is 4.16. The van der Waals surface area contributed by atoms with Crippen LogP contribution >= 0.6 is 34.5 Å². The zero-order chi connectivity index (χ0) is 13.9. The summed E-state index contributed by atoms with van der Waals surface area (Å²) in [6.07, 6.45) is 0.955. The molecule has 2 aliphatic rings. The van der Waals surface area contributed by atoms with Crippen molar-refractivity contribution in [2.75, 3.05) is 16.8 Å². The molecule has 1 aromatic carbocycles. The zero-order valence-electron chi connectivity index (χ0n) is 10.3. The van der Waals surface area contributed by atoms with E-state index in [-0.39, 0.29) is 11.9 Å². The molecular weight excluding hydrogens is 315 g/mol. The molecule has 1 unspecified atom stereocenters. The van der Waals surface area contributed by atoms with Crippen molar-refractivity contribution in [3.8, 4) is 0 Å². The number of fused-ring (bicyclic) bond motifs is 5. The zero-order valence-corrected chi connectivity index (χ0v) is 12.6. The van der Waals surface area contributed by atoms with Gasteiger partial charge in [0.2, 0.25) is 0 Å². The molecule has 1 N–H and O–H groups in total. The number of halogens is 2. The number of hydrogen-bond donors (Lipinski definition) is 1. The lowest BCUT2D eigenvalue weighted by atomic mass is 9.95. The number of anilines is 2. The molecule has 3 heterocycles. The smallest absolute Gasteiger partial charge is 0.251 e. The van der Waals surface area contributed by atoms with Crippen molar-refractivity contribution in [3.05, 3.63) is 44.1 Å². The number of carbonyl (C=O) groups excluding carboxylic acids is 1. The Morgan fingerprint density at radius 2 is 2.10 bits per heavy atom. The minimum Gasteiger partial charge on any atom is -0.354 e. The van der Waals surface area contributed by atoms with E-state index in [0.717, 1.165) is 29.9 Å². The van der Waals surface area contributed by atoms with E-state index in [0.29, 0.717) is 10.0 Å². The molecule has 6 heteroatoms. The van der Waals surface area contributed by atoms with Gasteiger partial charge in [0.25, 0.3) is 5.91 Å². The highest BCUT2D eigenvalue weighted by Crippen LogP contribution is 2.45. The van der Waals surface area contributed by atoms with Gasteiger partial charge in [-0.2, -0.15) is 0 Å². The van der Waals surface area contributed by atoms with Crippen LogP contribution in [-0.2, 0) is 11.2 Å². The number of hydrogen-bond acceptors (Lipinski definition) is 3. The van der Waals surface area contributed by atoms with Gasteiger partial charge in [-0.15, -0.1) is 11.3 Å². The first-order valence-electron chi connectivity index (χ1n) is 6.28. The topological polar surface area (TPSA) is 32.3 Å². The minimum absolute atomic E-state index is 0.00441. The third kappa shape index (κ3) is 1.68. The van der Waals surface area contributed by atoms with Crippen molar-refractivity contribution >= 4 is 51.8 Å². The SMILES string of the molecule is O=C1Nc2cc(Cl)c(Cl)cc2N2CCc3sccc3C12. The van der Waals surface area contributed by atoms with E-state index in [1.807, 2.05) is 17.5 Å². The van der Waals surface area contributed by atoms with Crippen LogP contribution in [0.5, 0.6) is 0 Å². The highest BCUT2D eigenvalue weighted by molar-refractivity contribution is 7.10. The molecule has 0 saturated heterocycles. The van der Waals surface area contributed by atoms with E-state index in [1.54, 1.807) is 17.4 Å². The largest absolute Gasteiger partial charge is 0.354 e. The molecule has 102 valence electrons. The standard InChI is InChI=1S/C14H10Cl2N2OS/c15-8-5-10-11(6-9(8)16)18-3-1-12-7(2-4-20-12)13(18)14(19)17-10/h2,4-6,13H,1,3H2,(H,17,19).